The van der Waals surface area contributed by atoms with Crippen molar-refractivity contribution in [2.45, 2.75) is 13.8 Å². The Bertz CT molecular complexity index is 855. The zero-order valence-electron chi connectivity index (χ0n) is 13.8. The molecule has 0 amide bonds. The minimum Gasteiger partial charge on any atom is -0.288 e. The molecule has 0 saturated carbocycles. The lowest BCUT2D eigenvalue weighted by atomic mass is 10.0. The molecule has 0 radical (unpaired) electrons. The number of hydrogen-bond acceptors (Lipinski definition) is 11. The highest BCUT2D eigenvalue weighted by molar-refractivity contribution is 7.89. The van der Waals surface area contributed by atoms with Gasteiger partial charge in [-0.2, -0.15) is 18.9 Å². The van der Waals surface area contributed by atoms with Gasteiger partial charge in [-0.3, -0.25) is 8.57 Å². The summed E-state index contributed by atoms with van der Waals surface area (Å²) in [6, 6.07) is 9.53. The molecule has 10 nitrogen and oxygen atoms in total. The Morgan fingerprint density at radius 2 is 1.77 bits per heavy atom. The van der Waals surface area contributed by atoms with E-state index in [0.717, 1.165) is 0 Å². The maximum atomic E-state index is 11.3. The standard InChI is InChI=1S/C14H14N4O6S2/c1-3-21-24-25-22-17-13(9-15)11-6-5-7-12(8-11)14(10-16)18-23-26(19,20)4-2/h5-8H,3-4H2,1-2H3. The number of benzene rings is 1. The molecule has 12 heteroatoms. The normalized spacial score (nSPS) is 12.2. The molecule has 0 bridgehead atoms. The molecule has 0 heterocycles. The topological polar surface area (TPSA) is 143 Å². The fourth-order valence-electron chi connectivity index (χ4n) is 1.37. The van der Waals surface area contributed by atoms with Crippen molar-refractivity contribution >= 4 is 33.9 Å². The first kappa shape index (κ1) is 21.4. The van der Waals surface area contributed by atoms with Crippen LogP contribution in [0.25, 0.3) is 0 Å². The average molecular weight is 398 g/mol. The third-order valence-electron chi connectivity index (χ3n) is 2.57. The van der Waals surface area contributed by atoms with Crippen molar-refractivity contribution in [3.63, 3.8) is 0 Å². The Labute approximate surface area is 155 Å². The second kappa shape index (κ2) is 11.1. The third-order valence-corrected chi connectivity index (χ3v) is 3.87. The first-order valence-electron chi connectivity index (χ1n) is 7.07. The van der Waals surface area contributed by atoms with Crippen LogP contribution >= 0.6 is 12.3 Å². The summed E-state index contributed by atoms with van der Waals surface area (Å²) in [6.07, 6.45) is 0. The molecule has 0 saturated heterocycles. The van der Waals surface area contributed by atoms with Gasteiger partial charge in [0, 0.05) is 11.1 Å². The Morgan fingerprint density at radius 3 is 2.31 bits per heavy atom. The predicted molar refractivity (Wildman–Crippen MR) is 92.7 cm³/mol. The van der Waals surface area contributed by atoms with Gasteiger partial charge in [-0.15, -0.1) is 4.33 Å². The van der Waals surface area contributed by atoms with Crippen LogP contribution in [0.4, 0.5) is 0 Å². The Balaban J connectivity index is 3.01. The summed E-state index contributed by atoms with van der Waals surface area (Å²) in [5, 5.41) is 25.2. The van der Waals surface area contributed by atoms with E-state index in [-0.39, 0.29) is 22.7 Å². The SMILES string of the molecule is CCOOSON=C(C#N)c1cccc(C(C#N)=NOS(=O)(=O)CC)c1. The lowest BCUT2D eigenvalue weighted by molar-refractivity contribution is -0.191. The van der Waals surface area contributed by atoms with Gasteiger partial charge >= 0.3 is 10.1 Å². The Hall–Kier alpha value is -2.64. The van der Waals surface area contributed by atoms with E-state index in [9.17, 15) is 8.42 Å². The van der Waals surface area contributed by atoms with E-state index in [2.05, 4.69) is 23.8 Å². The monoisotopic (exact) mass is 398 g/mol. The molecule has 1 aromatic carbocycles. The van der Waals surface area contributed by atoms with E-state index < -0.39 is 10.1 Å². The molecule has 1 aromatic rings. The van der Waals surface area contributed by atoms with Crippen molar-refractivity contribution in [3.05, 3.63) is 35.4 Å². The number of oxime groups is 2. The maximum absolute atomic E-state index is 11.3. The predicted octanol–water partition coefficient (Wildman–Crippen LogP) is 2.06. The minimum absolute atomic E-state index is 0.112. The quantitative estimate of drug-likeness (QED) is 0.190. The molecule has 138 valence electrons. The second-order valence-electron chi connectivity index (χ2n) is 4.22. The van der Waals surface area contributed by atoms with Gasteiger partial charge in [-0.25, -0.2) is 4.89 Å². The van der Waals surface area contributed by atoms with Gasteiger partial charge in [0.1, 0.15) is 12.1 Å². The van der Waals surface area contributed by atoms with Crippen LogP contribution in [0.15, 0.2) is 34.6 Å². The summed E-state index contributed by atoms with van der Waals surface area (Å²) in [4.78, 5) is 4.55. The fraction of sp³-hybridized carbons (Fsp3) is 0.286. The third kappa shape index (κ3) is 7.08. The molecule has 0 aliphatic carbocycles. The van der Waals surface area contributed by atoms with Gasteiger partial charge in [-0.05, 0) is 19.9 Å². The van der Waals surface area contributed by atoms with Crippen molar-refractivity contribution in [2.75, 3.05) is 12.4 Å². The van der Waals surface area contributed by atoms with Crippen LogP contribution in [0.5, 0.6) is 0 Å². The van der Waals surface area contributed by atoms with Gasteiger partial charge in [0.05, 0.1) is 12.4 Å². The first-order valence-corrected chi connectivity index (χ1v) is 9.32. The fourth-order valence-corrected chi connectivity index (χ4v) is 1.93. The first-order chi connectivity index (χ1) is 12.5. The highest BCUT2D eigenvalue weighted by atomic mass is 32.2. The van der Waals surface area contributed by atoms with Crippen molar-refractivity contribution < 1.29 is 26.2 Å². The number of nitrogens with zero attached hydrogens (tertiary/aromatic N) is 4. The molecule has 0 aliphatic rings. The molecule has 26 heavy (non-hydrogen) atoms. The molecule has 0 aliphatic heterocycles. The molecule has 0 fully saturated rings. The summed E-state index contributed by atoms with van der Waals surface area (Å²) in [5.74, 6) is -0.292. The molecule has 0 atom stereocenters. The van der Waals surface area contributed by atoms with Gasteiger partial charge in [0.2, 0.25) is 0 Å². The van der Waals surface area contributed by atoms with Crippen LogP contribution < -0.4 is 0 Å². The van der Waals surface area contributed by atoms with Crippen LogP contribution in [0.2, 0.25) is 0 Å². The van der Waals surface area contributed by atoms with E-state index in [0.29, 0.717) is 24.5 Å². The zero-order valence-corrected chi connectivity index (χ0v) is 15.4. The summed E-state index contributed by atoms with van der Waals surface area (Å²) in [6.45, 7) is 3.39. The van der Waals surface area contributed by atoms with Gasteiger partial charge in [0.25, 0.3) is 12.3 Å². The summed E-state index contributed by atoms with van der Waals surface area (Å²) in [7, 11) is -3.85. The minimum atomic E-state index is -3.85. The summed E-state index contributed by atoms with van der Waals surface area (Å²) < 4.78 is 36.3. The Kier molecular flexibility index (Phi) is 9.11. The molecule has 0 unspecified atom stereocenters. The van der Waals surface area contributed by atoms with E-state index in [4.69, 9.17) is 14.8 Å². The van der Waals surface area contributed by atoms with Crippen LogP contribution in [-0.4, -0.2) is 32.2 Å². The highest BCUT2D eigenvalue weighted by Gasteiger charge is 2.12. The summed E-state index contributed by atoms with van der Waals surface area (Å²) in [5.41, 5.74) is 0.149. The van der Waals surface area contributed by atoms with E-state index >= 15 is 0 Å². The summed E-state index contributed by atoms with van der Waals surface area (Å²) >= 11 is 0.421. The molecule has 1 rings (SSSR count). The molecular formula is C14H14N4O6S2. The average Bonchev–Trinajstić information content (AvgIpc) is 2.65. The molecule has 0 spiro atoms. The van der Waals surface area contributed by atoms with Crippen molar-refractivity contribution in [3.8, 4) is 12.1 Å². The van der Waals surface area contributed by atoms with Crippen molar-refractivity contribution in [1.82, 2.24) is 0 Å². The molecular weight excluding hydrogens is 384 g/mol. The van der Waals surface area contributed by atoms with E-state index in [1.165, 1.54) is 25.1 Å². The van der Waals surface area contributed by atoms with Gasteiger partial charge in [0.15, 0.2) is 11.4 Å². The van der Waals surface area contributed by atoms with Crippen LogP contribution in [-0.2, 0) is 27.9 Å². The lowest BCUT2D eigenvalue weighted by Crippen LogP contribution is -2.08. The van der Waals surface area contributed by atoms with E-state index in [1.54, 1.807) is 19.1 Å². The van der Waals surface area contributed by atoms with Crippen molar-refractivity contribution in [2.24, 2.45) is 10.3 Å². The van der Waals surface area contributed by atoms with Crippen LogP contribution in [0, 0.1) is 22.7 Å². The number of nitriles is 2. The number of rotatable bonds is 10. The van der Waals surface area contributed by atoms with Crippen LogP contribution in [0.3, 0.4) is 0 Å². The van der Waals surface area contributed by atoms with Gasteiger partial charge < -0.3 is 0 Å². The molecule has 0 N–H and O–H groups in total. The largest absolute Gasteiger partial charge is 0.328 e. The smallest absolute Gasteiger partial charge is 0.288 e. The maximum Gasteiger partial charge on any atom is 0.328 e. The Morgan fingerprint density at radius 1 is 1.15 bits per heavy atom. The second-order valence-corrected chi connectivity index (χ2v) is 6.49. The van der Waals surface area contributed by atoms with Crippen molar-refractivity contribution in [1.29, 1.82) is 10.5 Å². The zero-order chi connectivity index (χ0) is 19.4. The van der Waals surface area contributed by atoms with Crippen LogP contribution in [0.1, 0.15) is 25.0 Å². The molecule has 0 aromatic heterocycles. The van der Waals surface area contributed by atoms with E-state index in [1.807, 2.05) is 6.07 Å². The number of hydrogen-bond donors (Lipinski definition) is 0. The lowest BCUT2D eigenvalue weighted by Gasteiger charge is -2.03. The highest BCUT2D eigenvalue weighted by Crippen LogP contribution is 2.12. The van der Waals surface area contributed by atoms with Gasteiger partial charge in [-0.1, -0.05) is 28.5 Å².